The molecule has 3 rings (SSSR count). The molecule has 1 aromatic carbocycles. The molecule has 0 fully saturated rings. The minimum Gasteiger partial charge on any atom is -0.464 e. The molecule has 2 heterocycles. The van der Waals surface area contributed by atoms with E-state index in [2.05, 4.69) is 23.2 Å². The van der Waals surface area contributed by atoms with Crippen molar-refractivity contribution in [3.63, 3.8) is 0 Å². The number of rotatable bonds is 2. The first-order valence-corrected chi connectivity index (χ1v) is 5.90. The second kappa shape index (κ2) is 4.49. The highest BCUT2D eigenvalue weighted by Crippen LogP contribution is 2.27. The molecule has 0 saturated heterocycles. The molecule has 0 aliphatic heterocycles. The van der Waals surface area contributed by atoms with Gasteiger partial charge in [-0.1, -0.05) is 30.3 Å². The molecule has 0 radical (unpaired) electrons. The van der Waals surface area contributed by atoms with Crippen LogP contribution in [0.5, 0.6) is 0 Å². The molecule has 0 aliphatic carbocycles. The summed E-state index contributed by atoms with van der Waals surface area (Å²) in [4.78, 5) is 4.48. The number of aromatic nitrogens is 1. The highest BCUT2D eigenvalue weighted by atomic mass is 16.3. The molecule has 0 aliphatic rings. The van der Waals surface area contributed by atoms with Crippen LogP contribution in [-0.2, 0) is 0 Å². The van der Waals surface area contributed by atoms with E-state index in [0.717, 1.165) is 28.1 Å². The molecule has 18 heavy (non-hydrogen) atoms. The Morgan fingerprint density at radius 1 is 1.00 bits per heavy atom. The number of benzene rings is 1. The van der Waals surface area contributed by atoms with E-state index >= 15 is 0 Å². The van der Waals surface area contributed by atoms with Gasteiger partial charge in [-0.2, -0.15) is 0 Å². The molecule has 0 amide bonds. The van der Waals surface area contributed by atoms with Crippen LogP contribution >= 0.6 is 0 Å². The first-order valence-electron chi connectivity index (χ1n) is 5.90. The Morgan fingerprint density at radius 2 is 1.83 bits per heavy atom. The Kier molecular flexibility index (Phi) is 2.69. The molecule has 0 spiro atoms. The normalized spacial score (nSPS) is 10.5. The van der Waals surface area contributed by atoms with E-state index in [4.69, 9.17) is 4.42 Å². The Labute approximate surface area is 106 Å². The Bertz CT molecular complexity index is 642. The van der Waals surface area contributed by atoms with E-state index < -0.39 is 0 Å². The van der Waals surface area contributed by atoms with Crippen LogP contribution in [0, 0.1) is 6.92 Å². The van der Waals surface area contributed by atoms with Gasteiger partial charge < -0.3 is 4.42 Å². The summed E-state index contributed by atoms with van der Waals surface area (Å²) >= 11 is 0. The molecular formula is C16H13NO. The number of furan rings is 1. The first-order chi connectivity index (χ1) is 8.84. The topological polar surface area (TPSA) is 26.0 Å². The standard InChI is InChI=1S/C16H13NO/c1-12-11-17-15(13-6-3-2-4-7-13)10-14(12)16-8-5-9-18-16/h2-11H,1H3. The summed E-state index contributed by atoms with van der Waals surface area (Å²) in [5.74, 6) is 0.882. The molecule has 3 aromatic rings. The fraction of sp³-hybridized carbons (Fsp3) is 0.0625. The Balaban J connectivity index is 2.12. The summed E-state index contributed by atoms with van der Waals surface area (Å²) in [5, 5.41) is 0. The highest BCUT2D eigenvalue weighted by Gasteiger charge is 2.07. The molecule has 0 atom stereocenters. The zero-order valence-corrected chi connectivity index (χ0v) is 10.1. The number of aryl methyl sites for hydroxylation is 1. The summed E-state index contributed by atoms with van der Waals surface area (Å²) in [5.41, 5.74) is 4.29. The Morgan fingerprint density at radius 3 is 2.56 bits per heavy atom. The lowest BCUT2D eigenvalue weighted by Gasteiger charge is -2.06. The van der Waals surface area contributed by atoms with Crippen molar-refractivity contribution in [1.82, 2.24) is 4.98 Å². The van der Waals surface area contributed by atoms with Gasteiger partial charge in [0.2, 0.25) is 0 Å². The van der Waals surface area contributed by atoms with Crippen molar-refractivity contribution in [3.8, 4) is 22.6 Å². The summed E-state index contributed by atoms with van der Waals surface area (Å²) < 4.78 is 5.46. The van der Waals surface area contributed by atoms with Gasteiger partial charge in [0.15, 0.2) is 0 Å². The van der Waals surface area contributed by atoms with Crippen molar-refractivity contribution in [2.24, 2.45) is 0 Å². The van der Waals surface area contributed by atoms with Gasteiger partial charge >= 0.3 is 0 Å². The predicted octanol–water partition coefficient (Wildman–Crippen LogP) is 4.32. The second-order valence-corrected chi connectivity index (χ2v) is 4.23. The number of nitrogens with zero attached hydrogens (tertiary/aromatic N) is 1. The van der Waals surface area contributed by atoms with Crippen LogP contribution in [0.15, 0.2) is 65.4 Å². The molecule has 88 valence electrons. The van der Waals surface area contributed by atoms with Crippen LogP contribution in [0.25, 0.3) is 22.6 Å². The van der Waals surface area contributed by atoms with Gasteiger partial charge in [-0.3, -0.25) is 4.98 Å². The number of hydrogen-bond acceptors (Lipinski definition) is 2. The molecule has 0 bridgehead atoms. The smallest absolute Gasteiger partial charge is 0.134 e. The van der Waals surface area contributed by atoms with E-state index in [0.29, 0.717) is 0 Å². The van der Waals surface area contributed by atoms with E-state index in [9.17, 15) is 0 Å². The summed E-state index contributed by atoms with van der Waals surface area (Å²) in [6.45, 7) is 2.04. The van der Waals surface area contributed by atoms with Crippen molar-refractivity contribution in [2.45, 2.75) is 6.92 Å². The van der Waals surface area contributed by atoms with E-state index in [1.807, 2.05) is 43.5 Å². The van der Waals surface area contributed by atoms with Crippen molar-refractivity contribution < 1.29 is 4.42 Å². The SMILES string of the molecule is Cc1cnc(-c2ccccc2)cc1-c1ccco1. The van der Waals surface area contributed by atoms with Crippen LogP contribution in [-0.4, -0.2) is 4.98 Å². The van der Waals surface area contributed by atoms with Gasteiger partial charge in [-0.15, -0.1) is 0 Å². The maximum absolute atomic E-state index is 5.46. The minimum atomic E-state index is 0.882. The van der Waals surface area contributed by atoms with Crippen LogP contribution in [0.4, 0.5) is 0 Å². The maximum atomic E-state index is 5.46. The lowest BCUT2D eigenvalue weighted by molar-refractivity contribution is 0.582. The van der Waals surface area contributed by atoms with Crippen LogP contribution in [0.1, 0.15) is 5.56 Å². The van der Waals surface area contributed by atoms with Crippen molar-refractivity contribution in [2.75, 3.05) is 0 Å². The molecule has 2 nitrogen and oxygen atoms in total. The predicted molar refractivity (Wildman–Crippen MR) is 72.1 cm³/mol. The summed E-state index contributed by atoms with van der Waals surface area (Å²) in [7, 11) is 0. The molecule has 0 unspecified atom stereocenters. The lowest BCUT2D eigenvalue weighted by atomic mass is 10.0. The van der Waals surface area contributed by atoms with Gasteiger partial charge in [0.25, 0.3) is 0 Å². The van der Waals surface area contributed by atoms with Crippen LogP contribution in [0.2, 0.25) is 0 Å². The third-order valence-electron chi connectivity index (χ3n) is 2.96. The fourth-order valence-electron chi connectivity index (χ4n) is 1.99. The van der Waals surface area contributed by atoms with Gasteiger partial charge in [0.1, 0.15) is 5.76 Å². The van der Waals surface area contributed by atoms with Crippen LogP contribution in [0.3, 0.4) is 0 Å². The van der Waals surface area contributed by atoms with Gasteiger partial charge in [0.05, 0.1) is 12.0 Å². The lowest BCUT2D eigenvalue weighted by Crippen LogP contribution is -1.88. The van der Waals surface area contributed by atoms with E-state index in [-0.39, 0.29) is 0 Å². The molecule has 0 N–H and O–H groups in total. The quantitative estimate of drug-likeness (QED) is 0.661. The van der Waals surface area contributed by atoms with Crippen LogP contribution < -0.4 is 0 Å². The van der Waals surface area contributed by atoms with Crippen molar-refractivity contribution in [3.05, 3.63) is 66.6 Å². The molecule has 0 saturated carbocycles. The maximum Gasteiger partial charge on any atom is 0.134 e. The van der Waals surface area contributed by atoms with E-state index in [1.165, 1.54) is 0 Å². The summed E-state index contributed by atoms with van der Waals surface area (Å²) in [6, 6.07) is 16.1. The zero-order valence-electron chi connectivity index (χ0n) is 10.1. The Hall–Kier alpha value is -2.35. The second-order valence-electron chi connectivity index (χ2n) is 4.23. The van der Waals surface area contributed by atoms with Crippen molar-refractivity contribution in [1.29, 1.82) is 0 Å². The van der Waals surface area contributed by atoms with Gasteiger partial charge in [-0.05, 0) is 30.7 Å². The highest BCUT2D eigenvalue weighted by molar-refractivity contribution is 5.69. The average Bonchev–Trinajstić information content (AvgIpc) is 2.94. The minimum absolute atomic E-state index is 0.882. The monoisotopic (exact) mass is 235 g/mol. The molecular weight excluding hydrogens is 222 g/mol. The molecule has 2 heteroatoms. The first kappa shape index (κ1) is 10.8. The zero-order chi connectivity index (χ0) is 12.4. The summed E-state index contributed by atoms with van der Waals surface area (Å²) in [6.07, 6.45) is 3.58. The average molecular weight is 235 g/mol. The third-order valence-corrected chi connectivity index (χ3v) is 2.96. The fourth-order valence-corrected chi connectivity index (χ4v) is 1.99. The van der Waals surface area contributed by atoms with Gasteiger partial charge in [0, 0.05) is 17.3 Å². The molecule has 2 aromatic heterocycles. The largest absolute Gasteiger partial charge is 0.464 e. The van der Waals surface area contributed by atoms with Crippen molar-refractivity contribution >= 4 is 0 Å². The van der Waals surface area contributed by atoms with E-state index in [1.54, 1.807) is 6.26 Å². The third kappa shape index (κ3) is 1.93. The number of pyridine rings is 1. The van der Waals surface area contributed by atoms with Gasteiger partial charge in [-0.25, -0.2) is 0 Å². The number of hydrogen-bond donors (Lipinski definition) is 0.